The normalized spacial score (nSPS) is 19.5. The van der Waals surface area contributed by atoms with E-state index in [1.165, 1.54) is 0 Å². The van der Waals surface area contributed by atoms with Crippen molar-refractivity contribution in [1.82, 2.24) is 20.8 Å². The summed E-state index contributed by atoms with van der Waals surface area (Å²) >= 11 is 0. The highest BCUT2D eigenvalue weighted by atomic mass is 16.4. The van der Waals surface area contributed by atoms with Crippen molar-refractivity contribution in [3.05, 3.63) is 5.89 Å². The zero-order chi connectivity index (χ0) is 13.9. The van der Waals surface area contributed by atoms with Gasteiger partial charge in [-0.2, -0.15) is 0 Å². The first-order chi connectivity index (χ1) is 8.92. The minimum atomic E-state index is 0.0101. The van der Waals surface area contributed by atoms with Gasteiger partial charge < -0.3 is 20.4 Å². The highest BCUT2D eigenvalue weighted by Crippen LogP contribution is 2.10. The summed E-state index contributed by atoms with van der Waals surface area (Å²) in [5.74, 6) is 0.653. The molecule has 3 N–H and O–H groups in total. The van der Waals surface area contributed by atoms with Gasteiger partial charge in [-0.1, -0.05) is 5.10 Å². The molecule has 0 saturated carbocycles. The van der Waals surface area contributed by atoms with Crippen molar-refractivity contribution in [1.29, 1.82) is 0 Å². The highest BCUT2D eigenvalue weighted by molar-refractivity contribution is 5.78. The second-order valence-electron chi connectivity index (χ2n) is 5.79. The summed E-state index contributed by atoms with van der Waals surface area (Å²) in [6.45, 7) is 7.38. The number of anilines is 1. The molecule has 0 aliphatic carbocycles. The van der Waals surface area contributed by atoms with Gasteiger partial charge in [0.2, 0.25) is 11.8 Å². The summed E-state index contributed by atoms with van der Waals surface area (Å²) in [5, 5.41) is 17.1. The fraction of sp³-hybridized carbons (Fsp3) is 0.750. The van der Waals surface area contributed by atoms with E-state index in [4.69, 9.17) is 4.42 Å². The van der Waals surface area contributed by atoms with Crippen molar-refractivity contribution < 1.29 is 9.21 Å². The molecule has 1 aromatic rings. The van der Waals surface area contributed by atoms with Crippen LogP contribution in [0.5, 0.6) is 0 Å². The third-order valence-corrected chi connectivity index (χ3v) is 2.82. The summed E-state index contributed by atoms with van der Waals surface area (Å²) in [6.07, 6.45) is 1.44. The van der Waals surface area contributed by atoms with Crippen LogP contribution in [0.2, 0.25) is 0 Å². The average molecular weight is 267 g/mol. The maximum Gasteiger partial charge on any atom is 0.315 e. The molecule has 1 saturated heterocycles. The Morgan fingerprint density at radius 3 is 2.84 bits per heavy atom. The zero-order valence-electron chi connectivity index (χ0n) is 11.6. The smallest absolute Gasteiger partial charge is 0.315 e. The second-order valence-corrected chi connectivity index (χ2v) is 5.79. The number of hydrogen-bond donors (Lipinski definition) is 3. The molecule has 7 heteroatoms. The van der Waals surface area contributed by atoms with Gasteiger partial charge in [-0.3, -0.25) is 4.79 Å². The van der Waals surface area contributed by atoms with Crippen LogP contribution in [0.15, 0.2) is 4.42 Å². The van der Waals surface area contributed by atoms with Crippen LogP contribution in [0.25, 0.3) is 0 Å². The van der Waals surface area contributed by atoms with Crippen molar-refractivity contribution in [3.63, 3.8) is 0 Å². The largest absolute Gasteiger partial charge is 0.407 e. The first-order valence-corrected chi connectivity index (χ1v) is 6.53. The number of hydrogen-bond acceptors (Lipinski definition) is 6. The van der Waals surface area contributed by atoms with Crippen molar-refractivity contribution in [2.75, 3.05) is 11.9 Å². The molecule has 1 amide bonds. The maximum absolute atomic E-state index is 11.0. The lowest BCUT2D eigenvalue weighted by molar-refractivity contribution is -0.119. The van der Waals surface area contributed by atoms with E-state index in [9.17, 15) is 4.79 Å². The standard InChI is InChI=1S/C12H21N5O2/c1-12(2,3)14-7-10-16-17-11(19-10)13-6-8-4-5-9(18)15-8/h8,14H,4-7H2,1-3H3,(H,13,17)(H,15,18). The quantitative estimate of drug-likeness (QED) is 0.725. The third kappa shape index (κ3) is 4.51. The molecule has 1 aliphatic heterocycles. The molecule has 0 bridgehead atoms. The average Bonchev–Trinajstić information content (AvgIpc) is 2.92. The number of nitrogens with zero attached hydrogens (tertiary/aromatic N) is 2. The molecular formula is C12H21N5O2. The Hall–Kier alpha value is -1.63. The van der Waals surface area contributed by atoms with Crippen LogP contribution in [-0.4, -0.2) is 34.2 Å². The predicted octanol–water partition coefficient (Wildman–Crippen LogP) is 0.648. The van der Waals surface area contributed by atoms with E-state index in [1.54, 1.807) is 0 Å². The minimum absolute atomic E-state index is 0.0101. The number of rotatable bonds is 5. The van der Waals surface area contributed by atoms with Crippen LogP contribution in [0.1, 0.15) is 39.5 Å². The molecule has 1 aliphatic rings. The van der Waals surface area contributed by atoms with Gasteiger partial charge in [-0.05, 0) is 27.2 Å². The highest BCUT2D eigenvalue weighted by Gasteiger charge is 2.21. The van der Waals surface area contributed by atoms with Crippen molar-refractivity contribution in [2.24, 2.45) is 0 Å². The molecule has 0 aromatic carbocycles. The summed E-state index contributed by atoms with van der Waals surface area (Å²) < 4.78 is 5.46. The van der Waals surface area contributed by atoms with Gasteiger partial charge in [0.1, 0.15) is 0 Å². The summed E-state index contributed by atoms with van der Waals surface area (Å²) in [5.41, 5.74) is 0.0101. The molecule has 1 fully saturated rings. The SMILES string of the molecule is CC(C)(C)NCc1nnc(NCC2CCC(=O)N2)o1. The molecule has 106 valence electrons. The Morgan fingerprint density at radius 1 is 1.42 bits per heavy atom. The summed E-state index contributed by atoms with van der Waals surface area (Å²) in [6, 6.07) is 0.544. The molecule has 2 rings (SSSR count). The van der Waals surface area contributed by atoms with Crippen molar-refractivity contribution in [2.45, 2.75) is 51.7 Å². The molecule has 7 nitrogen and oxygen atoms in total. The van der Waals surface area contributed by atoms with Crippen molar-refractivity contribution in [3.8, 4) is 0 Å². The molecule has 19 heavy (non-hydrogen) atoms. The third-order valence-electron chi connectivity index (χ3n) is 2.82. The Kier molecular flexibility index (Phi) is 4.04. The van der Waals surface area contributed by atoms with E-state index in [0.717, 1.165) is 6.42 Å². The molecule has 2 heterocycles. The van der Waals surface area contributed by atoms with E-state index < -0.39 is 0 Å². The van der Waals surface area contributed by atoms with Gasteiger partial charge in [0, 0.05) is 24.5 Å². The van der Waals surface area contributed by atoms with Crippen LogP contribution in [0.3, 0.4) is 0 Å². The number of nitrogens with one attached hydrogen (secondary N) is 3. The van der Waals surface area contributed by atoms with Crippen LogP contribution >= 0.6 is 0 Å². The van der Waals surface area contributed by atoms with Crippen LogP contribution in [-0.2, 0) is 11.3 Å². The van der Waals surface area contributed by atoms with E-state index in [1.807, 2.05) is 0 Å². The monoisotopic (exact) mass is 267 g/mol. The van der Waals surface area contributed by atoms with Crippen molar-refractivity contribution >= 4 is 11.9 Å². The van der Waals surface area contributed by atoms with Crippen LogP contribution < -0.4 is 16.0 Å². The molecule has 0 spiro atoms. The Bertz CT molecular complexity index is 438. The fourth-order valence-corrected chi connectivity index (χ4v) is 1.78. The maximum atomic E-state index is 11.0. The topological polar surface area (TPSA) is 92.1 Å². The van der Waals surface area contributed by atoms with Gasteiger partial charge >= 0.3 is 6.01 Å². The molecule has 0 radical (unpaired) electrons. The molecule has 1 atom stereocenters. The van der Waals surface area contributed by atoms with E-state index in [0.29, 0.717) is 31.4 Å². The summed E-state index contributed by atoms with van der Waals surface area (Å²) in [7, 11) is 0. The Balaban J connectivity index is 1.76. The lowest BCUT2D eigenvalue weighted by Gasteiger charge is -2.18. The van der Waals surface area contributed by atoms with E-state index in [2.05, 4.69) is 46.9 Å². The van der Waals surface area contributed by atoms with E-state index >= 15 is 0 Å². The molecule has 1 unspecified atom stereocenters. The van der Waals surface area contributed by atoms with Gasteiger partial charge in [-0.15, -0.1) is 5.10 Å². The summed E-state index contributed by atoms with van der Waals surface area (Å²) in [4.78, 5) is 11.0. The van der Waals surface area contributed by atoms with Gasteiger partial charge in [-0.25, -0.2) is 0 Å². The first kappa shape index (κ1) is 13.8. The van der Waals surface area contributed by atoms with Gasteiger partial charge in [0.25, 0.3) is 0 Å². The van der Waals surface area contributed by atoms with E-state index in [-0.39, 0.29) is 17.5 Å². The lowest BCUT2D eigenvalue weighted by Crippen LogP contribution is -2.35. The Morgan fingerprint density at radius 2 is 2.21 bits per heavy atom. The second kappa shape index (κ2) is 5.56. The number of amides is 1. The number of carbonyl (C=O) groups excluding carboxylic acids is 1. The van der Waals surface area contributed by atoms with Crippen LogP contribution in [0, 0.1) is 0 Å². The molecule has 1 aromatic heterocycles. The first-order valence-electron chi connectivity index (χ1n) is 6.53. The molecular weight excluding hydrogens is 246 g/mol. The predicted molar refractivity (Wildman–Crippen MR) is 70.5 cm³/mol. The van der Waals surface area contributed by atoms with Gasteiger partial charge in [0.15, 0.2) is 0 Å². The van der Waals surface area contributed by atoms with Gasteiger partial charge in [0.05, 0.1) is 6.54 Å². The lowest BCUT2D eigenvalue weighted by atomic mass is 10.1. The number of aromatic nitrogens is 2. The Labute approximate surface area is 112 Å². The zero-order valence-corrected chi connectivity index (χ0v) is 11.6. The minimum Gasteiger partial charge on any atom is -0.407 e. The van der Waals surface area contributed by atoms with Crippen LogP contribution in [0.4, 0.5) is 6.01 Å². The fourth-order valence-electron chi connectivity index (χ4n) is 1.78. The number of carbonyl (C=O) groups is 1.